The van der Waals surface area contributed by atoms with E-state index in [1.165, 1.54) is 22.8 Å². The minimum absolute atomic E-state index is 0.0250. The quantitative estimate of drug-likeness (QED) is 0.447. The third-order valence-electron chi connectivity index (χ3n) is 5.48. The number of pyridine rings is 1. The molecule has 3 heterocycles. The zero-order valence-corrected chi connectivity index (χ0v) is 19.0. The van der Waals surface area contributed by atoms with E-state index in [0.717, 1.165) is 17.1 Å². The van der Waals surface area contributed by atoms with Crippen molar-refractivity contribution < 1.29 is 9.50 Å². The Labute approximate surface area is 194 Å². The maximum Gasteiger partial charge on any atom is 0.251 e. The number of hydrogen-bond acceptors (Lipinski definition) is 6. The number of rotatable bonds is 6. The lowest BCUT2D eigenvalue weighted by atomic mass is 10.1. The van der Waals surface area contributed by atoms with Crippen LogP contribution in [0.2, 0.25) is 5.02 Å². The van der Waals surface area contributed by atoms with E-state index in [9.17, 15) is 14.3 Å². The fourth-order valence-electron chi connectivity index (χ4n) is 3.63. The van der Waals surface area contributed by atoms with E-state index in [2.05, 4.69) is 20.4 Å². The summed E-state index contributed by atoms with van der Waals surface area (Å²) in [4.78, 5) is 21.7. The summed E-state index contributed by atoms with van der Waals surface area (Å²) in [5, 5.41) is 17.4. The molecule has 0 aliphatic rings. The van der Waals surface area contributed by atoms with E-state index in [0.29, 0.717) is 22.8 Å². The molecule has 4 aromatic rings. The third kappa shape index (κ3) is 4.50. The van der Waals surface area contributed by atoms with Gasteiger partial charge in [0.2, 0.25) is 5.95 Å². The second-order valence-electron chi connectivity index (χ2n) is 7.59. The predicted octanol–water partition coefficient (Wildman–Crippen LogP) is 3.77. The standard InChI is InChI=1S/C23H22ClFN6O2/c1-13-22(14(2)30(3)29-13)28-23-26-8-6-19(27-23)15-7-9-31(21(33)11-15)20(12-32)16-4-5-17(24)18(25)10-16/h4-11,20,32H,12H2,1-3H3,(H,26,27,28)/t20-/m1/s1. The molecule has 0 aliphatic heterocycles. The molecule has 10 heteroatoms. The van der Waals surface area contributed by atoms with E-state index in [-0.39, 0.29) is 17.2 Å². The molecule has 0 aliphatic carbocycles. The first-order valence-corrected chi connectivity index (χ1v) is 10.5. The summed E-state index contributed by atoms with van der Waals surface area (Å²) >= 11 is 5.75. The molecule has 170 valence electrons. The van der Waals surface area contributed by atoms with E-state index >= 15 is 0 Å². The van der Waals surface area contributed by atoms with E-state index in [1.54, 1.807) is 35.3 Å². The van der Waals surface area contributed by atoms with Crippen molar-refractivity contribution in [1.29, 1.82) is 0 Å². The van der Waals surface area contributed by atoms with Crippen molar-refractivity contribution in [1.82, 2.24) is 24.3 Å². The molecule has 4 rings (SSSR count). The molecule has 0 amide bonds. The van der Waals surface area contributed by atoms with Crippen molar-refractivity contribution in [3.63, 3.8) is 0 Å². The SMILES string of the molecule is Cc1nn(C)c(C)c1Nc1nccc(-c2ccn([C@H](CO)c3ccc(Cl)c(F)c3)c(=O)c2)n1. The largest absolute Gasteiger partial charge is 0.394 e. The van der Waals surface area contributed by atoms with Crippen molar-refractivity contribution in [2.75, 3.05) is 11.9 Å². The molecule has 0 radical (unpaired) electrons. The number of anilines is 2. The molecule has 2 N–H and O–H groups in total. The number of halogens is 2. The van der Waals surface area contributed by atoms with Crippen molar-refractivity contribution in [2.45, 2.75) is 19.9 Å². The van der Waals surface area contributed by atoms with Crippen molar-refractivity contribution in [3.8, 4) is 11.3 Å². The summed E-state index contributed by atoms with van der Waals surface area (Å²) < 4.78 is 17.0. The average Bonchev–Trinajstić information content (AvgIpc) is 3.03. The molecule has 0 saturated carbocycles. The number of hydrogen-bond donors (Lipinski definition) is 2. The molecule has 0 unspecified atom stereocenters. The number of aryl methyl sites for hydroxylation is 2. The summed E-state index contributed by atoms with van der Waals surface area (Å²) in [6.45, 7) is 3.45. The van der Waals surface area contributed by atoms with Crippen LogP contribution in [-0.4, -0.2) is 36.0 Å². The smallest absolute Gasteiger partial charge is 0.251 e. The Bertz CT molecular complexity index is 1380. The molecule has 0 bridgehead atoms. The van der Waals surface area contributed by atoms with Gasteiger partial charge in [0.25, 0.3) is 5.56 Å². The maximum absolute atomic E-state index is 13.9. The highest BCUT2D eigenvalue weighted by molar-refractivity contribution is 6.30. The summed E-state index contributed by atoms with van der Waals surface area (Å²) in [6.07, 6.45) is 3.15. The summed E-state index contributed by atoms with van der Waals surface area (Å²) in [6, 6.07) is 8.27. The first-order valence-electron chi connectivity index (χ1n) is 10.2. The Morgan fingerprint density at radius 2 is 2.00 bits per heavy atom. The third-order valence-corrected chi connectivity index (χ3v) is 5.79. The number of benzene rings is 1. The van der Waals surface area contributed by atoms with Gasteiger partial charge in [-0.1, -0.05) is 17.7 Å². The Balaban J connectivity index is 1.64. The van der Waals surface area contributed by atoms with Gasteiger partial charge in [-0.2, -0.15) is 5.10 Å². The molecule has 3 aromatic heterocycles. The van der Waals surface area contributed by atoms with Crippen molar-refractivity contribution in [2.24, 2.45) is 7.05 Å². The van der Waals surface area contributed by atoms with Gasteiger partial charge in [0.1, 0.15) is 5.82 Å². The van der Waals surface area contributed by atoms with Crippen LogP contribution in [0.5, 0.6) is 0 Å². The van der Waals surface area contributed by atoms with Crippen LogP contribution in [-0.2, 0) is 7.05 Å². The topological polar surface area (TPSA) is 97.9 Å². The fraction of sp³-hybridized carbons (Fsp3) is 0.217. The number of nitrogens with zero attached hydrogens (tertiary/aromatic N) is 5. The molecular formula is C23H22ClFN6O2. The van der Waals surface area contributed by atoms with E-state index in [1.807, 2.05) is 20.9 Å². The van der Waals surface area contributed by atoms with Crippen LogP contribution < -0.4 is 10.9 Å². The van der Waals surface area contributed by atoms with Gasteiger partial charge in [-0.05, 0) is 43.7 Å². The molecular weight excluding hydrogens is 447 g/mol. The number of aliphatic hydroxyl groups excluding tert-OH is 1. The second kappa shape index (κ2) is 9.13. The van der Waals surface area contributed by atoms with Crippen LogP contribution in [0.1, 0.15) is 23.0 Å². The molecule has 0 spiro atoms. The minimum Gasteiger partial charge on any atom is -0.394 e. The first kappa shape index (κ1) is 22.6. The monoisotopic (exact) mass is 468 g/mol. The van der Waals surface area contributed by atoms with E-state index < -0.39 is 11.9 Å². The second-order valence-corrected chi connectivity index (χ2v) is 8.00. The maximum atomic E-state index is 13.9. The van der Waals surface area contributed by atoms with Crippen LogP contribution in [0.15, 0.2) is 53.6 Å². The van der Waals surface area contributed by atoms with Gasteiger partial charge < -0.3 is 15.0 Å². The fourth-order valence-corrected chi connectivity index (χ4v) is 3.74. The van der Waals surface area contributed by atoms with Crippen LogP contribution in [0.4, 0.5) is 16.0 Å². The van der Waals surface area contributed by atoms with Crippen LogP contribution in [0.3, 0.4) is 0 Å². The van der Waals surface area contributed by atoms with Gasteiger partial charge in [-0.3, -0.25) is 9.48 Å². The molecule has 33 heavy (non-hydrogen) atoms. The van der Waals surface area contributed by atoms with Gasteiger partial charge in [0.05, 0.1) is 40.4 Å². The van der Waals surface area contributed by atoms with E-state index in [4.69, 9.17) is 11.6 Å². The molecule has 1 atom stereocenters. The summed E-state index contributed by atoms with van der Waals surface area (Å²) in [5.74, 6) is -0.238. The van der Waals surface area contributed by atoms with Gasteiger partial charge in [-0.25, -0.2) is 14.4 Å². The summed E-state index contributed by atoms with van der Waals surface area (Å²) in [7, 11) is 1.86. The Morgan fingerprint density at radius 3 is 2.64 bits per heavy atom. The van der Waals surface area contributed by atoms with Gasteiger partial charge in [-0.15, -0.1) is 0 Å². The van der Waals surface area contributed by atoms with Gasteiger partial charge in [0, 0.05) is 31.1 Å². The average molecular weight is 469 g/mol. The molecule has 0 saturated heterocycles. The van der Waals surface area contributed by atoms with Gasteiger partial charge in [0.15, 0.2) is 0 Å². The van der Waals surface area contributed by atoms with Gasteiger partial charge >= 0.3 is 0 Å². The Morgan fingerprint density at radius 1 is 1.21 bits per heavy atom. The summed E-state index contributed by atoms with van der Waals surface area (Å²) in [5.41, 5.74) is 3.79. The highest BCUT2D eigenvalue weighted by Gasteiger charge is 2.17. The van der Waals surface area contributed by atoms with Crippen LogP contribution >= 0.6 is 11.6 Å². The highest BCUT2D eigenvalue weighted by Crippen LogP contribution is 2.25. The van der Waals surface area contributed by atoms with Crippen LogP contribution in [0.25, 0.3) is 11.3 Å². The molecule has 8 nitrogen and oxygen atoms in total. The zero-order valence-electron chi connectivity index (χ0n) is 18.3. The van der Waals surface area contributed by atoms with Crippen molar-refractivity contribution in [3.05, 3.63) is 86.9 Å². The Kier molecular flexibility index (Phi) is 6.26. The number of aliphatic hydroxyl groups is 1. The van der Waals surface area contributed by atoms with Crippen LogP contribution in [0, 0.1) is 19.7 Å². The lowest BCUT2D eigenvalue weighted by Crippen LogP contribution is -2.27. The zero-order chi connectivity index (χ0) is 23.7. The number of aromatic nitrogens is 5. The predicted molar refractivity (Wildman–Crippen MR) is 124 cm³/mol. The molecule has 0 fully saturated rings. The highest BCUT2D eigenvalue weighted by atomic mass is 35.5. The normalized spacial score (nSPS) is 12.1. The van der Waals surface area contributed by atoms with Crippen molar-refractivity contribution >= 4 is 23.2 Å². The Hall–Kier alpha value is -3.56. The molecule has 1 aromatic carbocycles. The lowest BCUT2D eigenvalue weighted by Gasteiger charge is -2.18. The number of nitrogens with one attached hydrogen (secondary N) is 1. The minimum atomic E-state index is -0.752. The first-order chi connectivity index (χ1) is 15.8. The lowest BCUT2D eigenvalue weighted by molar-refractivity contribution is 0.247.